The Morgan fingerprint density at radius 3 is 2.48 bits per heavy atom. The highest BCUT2D eigenvalue weighted by atomic mass is 35.5. The molecule has 0 aliphatic heterocycles. The van der Waals surface area contributed by atoms with Crippen molar-refractivity contribution >= 4 is 41.6 Å². The summed E-state index contributed by atoms with van der Waals surface area (Å²) in [6.07, 6.45) is 8.14. The van der Waals surface area contributed by atoms with Crippen molar-refractivity contribution in [3.8, 4) is 0 Å². The minimum Gasteiger partial charge on any atom is -0.460 e. The van der Waals surface area contributed by atoms with Gasteiger partial charge in [-0.1, -0.05) is 55.3 Å². The quantitative estimate of drug-likeness (QED) is 0.580. The van der Waals surface area contributed by atoms with Crippen molar-refractivity contribution in [1.82, 2.24) is 4.98 Å². The first-order valence-corrected chi connectivity index (χ1v) is 8.54. The van der Waals surface area contributed by atoms with Gasteiger partial charge in [-0.15, -0.1) is 12.4 Å². The molecule has 1 fully saturated rings. The van der Waals surface area contributed by atoms with Crippen molar-refractivity contribution in [2.24, 2.45) is 11.7 Å². The molecule has 0 saturated heterocycles. The van der Waals surface area contributed by atoms with Crippen LogP contribution in [0.4, 0.5) is 0 Å². The molecule has 1 atom stereocenters. The van der Waals surface area contributed by atoms with Gasteiger partial charge in [-0.05, 0) is 36.5 Å². The van der Waals surface area contributed by atoms with E-state index in [1.54, 1.807) is 12.1 Å². The molecule has 4 nitrogen and oxygen atoms in total. The van der Waals surface area contributed by atoms with Crippen LogP contribution in [0.25, 0.3) is 0 Å². The van der Waals surface area contributed by atoms with Gasteiger partial charge in [0.2, 0.25) is 0 Å². The zero-order valence-electron chi connectivity index (χ0n) is 13.0. The van der Waals surface area contributed by atoms with Gasteiger partial charge in [-0.2, -0.15) is 0 Å². The van der Waals surface area contributed by atoms with Crippen LogP contribution >= 0.6 is 35.6 Å². The number of esters is 1. The zero-order valence-corrected chi connectivity index (χ0v) is 15.3. The molecule has 1 saturated carbocycles. The normalized spacial score (nSPS) is 16.5. The van der Waals surface area contributed by atoms with Crippen molar-refractivity contribution < 1.29 is 9.53 Å². The number of hydrogen-bond donors (Lipinski definition) is 1. The van der Waals surface area contributed by atoms with Gasteiger partial charge in [0.25, 0.3) is 0 Å². The van der Waals surface area contributed by atoms with Crippen LogP contribution in [0, 0.1) is 5.92 Å². The number of hydrogen-bond acceptors (Lipinski definition) is 4. The fourth-order valence-electron chi connectivity index (χ4n) is 2.87. The topological polar surface area (TPSA) is 65.2 Å². The highest BCUT2D eigenvalue weighted by Gasteiger charge is 2.19. The van der Waals surface area contributed by atoms with Crippen molar-refractivity contribution in [1.29, 1.82) is 0 Å². The van der Waals surface area contributed by atoms with E-state index in [2.05, 4.69) is 4.98 Å². The number of nitrogens with two attached hydrogens (primary N) is 1. The van der Waals surface area contributed by atoms with E-state index >= 15 is 0 Å². The fraction of sp³-hybridized carbons (Fsp3) is 0.625. The third-order valence-electron chi connectivity index (χ3n) is 4.12. The number of rotatable bonds is 6. The van der Waals surface area contributed by atoms with E-state index in [4.69, 9.17) is 33.7 Å². The largest absolute Gasteiger partial charge is 0.460 e. The van der Waals surface area contributed by atoms with Gasteiger partial charge in [-0.25, -0.2) is 4.98 Å². The molecule has 2 N–H and O–H groups in total. The molecule has 7 heteroatoms. The van der Waals surface area contributed by atoms with E-state index in [0.29, 0.717) is 17.9 Å². The minimum atomic E-state index is -0.560. The summed E-state index contributed by atoms with van der Waals surface area (Å²) < 4.78 is 5.23. The smallest absolute Gasteiger partial charge is 0.323 e. The molecule has 0 bridgehead atoms. The number of pyridine rings is 1. The summed E-state index contributed by atoms with van der Waals surface area (Å²) in [5, 5.41) is 0.556. The van der Waals surface area contributed by atoms with Gasteiger partial charge < -0.3 is 10.5 Å². The van der Waals surface area contributed by atoms with Gasteiger partial charge in [0.15, 0.2) is 0 Å². The molecular weight excluding hydrogens is 359 g/mol. The molecule has 0 aromatic carbocycles. The first kappa shape index (κ1) is 20.5. The molecule has 130 valence electrons. The lowest BCUT2D eigenvalue weighted by molar-refractivity contribution is -0.146. The molecule has 1 aromatic heterocycles. The Balaban J connectivity index is 0.00000264. The second-order valence-corrected chi connectivity index (χ2v) is 6.69. The predicted octanol–water partition coefficient (Wildman–Crippen LogP) is 4.54. The third-order valence-corrected chi connectivity index (χ3v) is 4.50. The average molecular weight is 382 g/mol. The number of ether oxygens (including phenoxy) is 1. The van der Waals surface area contributed by atoms with Crippen LogP contribution in [-0.4, -0.2) is 17.0 Å². The number of halogens is 3. The zero-order chi connectivity index (χ0) is 15.9. The van der Waals surface area contributed by atoms with Crippen LogP contribution < -0.4 is 5.73 Å². The lowest BCUT2D eigenvalue weighted by Crippen LogP contribution is -2.32. The van der Waals surface area contributed by atoms with E-state index in [1.807, 2.05) is 0 Å². The summed E-state index contributed by atoms with van der Waals surface area (Å²) in [6, 6.07) is 2.68. The van der Waals surface area contributed by atoms with E-state index in [-0.39, 0.29) is 35.3 Å². The predicted molar refractivity (Wildman–Crippen MR) is 95.1 cm³/mol. The maximum atomic E-state index is 11.9. The van der Waals surface area contributed by atoms with E-state index in [9.17, 15) is 4.79 Å². The molecule has 1 aliphatic carbocycles. The van der Waals surface area contributed by atoms with E-state index in [1.165, 1.54) is 32.1 Å². The van der Waals surface area contributed by atoms with Crippen LogP contribution in [0.15, 0.2) is 12.1 Å². The van der Waals surface area contributed by atoms with Gasteiger partial charge in [0, 0.05) is 0 Å². The van der Waals surface area contributed by atoms with Crippen LogP contribution in [-0.2, 0) is 16.1 Å². The summed E-state index contributed by atoms with van der Waals surface area (Å²) in [6.45, 7) is 0.109. The Hall–Kier alpha value is -0.550. The first-order chi connectivity index (χ1) is 10.5. The summed E-state index contributed by atoms with van der Waals surface area (Å²) >= 11 is 11.6. The summed E-state index contributed by atoms with van der Waals surface area (Å²) in [5.41, 5.74) is 6.63. The van der Waals surface area contributed by atoms with Crippen molar-refractivity contribution in [3.63, 3.8) is 0 Å². The Morgan fingerprint density at radius 1 is 1.26 bits per heavy atom. The maximum absolute atomic E-state index is 11.9. The standard InChI is InChI=1S/C16H22Cl2N2O2.ClH/c17-14-8-12(9-15(18)20-14)10-22-16(21)13(19)7-6-11-4-2-1-3-5-11;/h8-9,11,13H,1-7,10,19H2;1H/t13-;/m0./s1. The van der Waals surface area contributed by atoms with Gasteiger partial charge in [0.05, 0.1) is 0 Å². The second-order valence-electron chi connectivity index (χ2n) is 5.92. The number of carbonyl (C=O) groups excluding carboxylic acids is 1. The minimum absolute atomic E-state index is 0. The molecule has 1 aromatic rings. The SMILES string of the molecule is Cl.N[C@@H](CCC1CCCCC1)C(=O)OCc1cc(Cl)nc(Cl)c1. The molecule has 1 aliphatic rings. The molecule has 0 spiro atoms. The molecule has 2 rings (SSSR count). The molecule has 0 radical (unpaired) electrons. The van der Waals surface area contributed by atoms with Crippen LogP contribution in [0.5, 0.6) is 0 Å². The second kappa shape index (κ2) is 10.3. The van der Waals surface area contributed by atoms with E-state index < -0.39 is 6.04 Å². The summed E-state index contributed by atoms with van der Waals surface area (Å²) in [4.78, 5) is 15.8. The average Bonchev–Trinajstić information content (AvgIpc) is 2.50. The van der Waals surface area contributed by atoms with Gasteiger partial charge in [0.1, 0.15) is 23.0 Å². The number of carbonyl (C=O) groups is 1. The Kier molecular flexibility index (Phi) is 9.22. The maximum Gasteiger partial charge on any atom is 0.323 e. The summed E-state index contributed by atoms with van der Waals surface area (Å²) in [7, 11) is 0. The first-order valence-electron chi connectivity index (χ1n) is 7.79. The Labute approximate surface area is 153 Å². The number of aromatic nitrogens is 1. The lowest BCUT2D eigenvalue weighted by atomic mass is 9.85. The van der Waals surface area contributed by atoms with Crippen molar-refractivity contribution in [2.75, 3.05) is 0 Å². The van der Waals surface area contributed by atoms with Gasteiger partial charge in [-0.3, -0.25) is 4.79 Å². The molecule has 0 unspecified atom stereocenters. The Morgan fingerprint density at radius 2 is 1.87 bits per heavy atom. The van der Waals surface area contributed by atoms with Crippen molar-refractivity contribution in [3.05, 3.63) is 28.0 Å². The van der Waals surface area contributed by atoms with Crippen LogP contribution in [0.1, 0.15) is 50.5 Å². The monoisotopic (exact) mass is 380 g/mol. The molecular formula is C16H23Cl3N2O2. The number of nitrogens with zero attached hydrogens (tertiary/aromatic N) is 1. The highest BCUT2D eigenvalue weighted by Crippen LogP contribution is 2.27. The van der Waals surface area contributed by atoms with Crippen molar-refractivity contribution in [2.45, 2.75) is 57.6 Å². The third kappa shape index (κ3) is 7.25. The molecule has 1 heterocycles. The summed E-state index contributed by atoms with van der Waals surface area (Å²) in [5.74, 6) is 0.338. The van der Waals surface area contributed by atoms with Crippen LogP contribution in [0.3, 0.4) is 0 Å². The van der Waals surface area contributed by atoms with Gasteiger partial charge >= 0.3 is 5.97 Å². The van der Waals surface area contributed by atoms with Crippen LogP contribution in [0.2, 0.25) is 10.3 Å². The fourth-order valence-corrected chi connectivity index (χ4v) is 3.37. The van der Waals surface area contributed by atoms with E-state index in [0.717, 1.165) is 6.42 Å². The molecule has 23 heavy (non-hydrogen) atoms. The highest BCUT2D eigenvalue weighted by molar-refractivity contribution is 6.32. The molecule has 0 amide bonds. The Bertz CT molecular complexity index is 488. The lowest BCUT2D eigenvalue weighted by Gasteiger charge is -2.22.